The van der Waals surface area contributed by atoms with Gasteiger partial charge in [0.1, 0.15) is 11.3 Å². The van der Waals surface area contributed by atoms with E-state index < -0.39 is 9.84 Å². The number of methoxy groups -OCH3 is 1. The van der Waals surface area contributed by atoms with E-state index in [1.54, 1.807) is 7.11 Å². The number of nitrogens with two attached hydrogens (primary N) is 1. The lowest BCUT2D eigenvalue weighted by Gasteiger charge is -2.32. The number of likely N-dealkylation sites (tertiary alicyclic amines) is 2. The number of thiophene rings is 1. The minimum absolute atomic E-state index is 0.0760. The highest BCUT2D eigenvalue weighted by molar-refractivity contribution is 7.90. The molecule has 0 aromatic carbocycles. The molecule has 84 heavy (non-hydrogen) atoms. The average Bonchev–Trinajstić information content (AvgIpc) is 2.27. The highest BCUT2D eigenvalue weighted by Gasteiger charge is 2.27. The number of anilines is 1. The van der Waals surface area contributed by atoms with E-state index >= 15 is 0 Å². The number of nitrogens with zero attached hydrogens (tertiary/aromatic N) is 7. The van der Waals surface area contributed by atoms with Gasteiger partial charge >= 0.3 is 0 Å². The molecule has 1 amide bonds. The summed E-state index contributed by atoms with van der Waals surface area (Å²) in [5, 5.41) is 2.58. The molecule has 472 valence electrons. The number of rotatable bonds is 46. The van der Waals surface area contributed by atoms with Gasteiger partial charge in [0.15, 0.2) is 5.82 Å². The highest BCUT2D eigenvalue weighted by atomic mass is 32.2. The molecule has 6 heterocycles. The summed E-state index contributed by atoms with van der Waals surface area (Å²) >= 11 is 1.91. The van der Waals surface area contributed by atoms with Crippen molar-refractivity contribution >= 4 is 54.1 Å². The van der Waals surface area contributed by atoms with Gasteiger partial charge in [-0.05, 0) is 82.6 Å². The molecule has 2 aliphatic heterocycles. The zero-order valence-electron chi connectivity index (χ0n) is 50.2. The largest absolute Gasteiger partial charge is 0.382 e. The molecular weight excluding hydrogens is 1120 g/mol. The van der Waals surface area contributed by atoms with Gasteiger partial charge in [0.05, 0.1) is 160 Å². The molecule has 0 atom stereocenters. The number of nitrogen functional groups attached to an aromatic ring is 1. The Kier molecular flexibility index (Phi) is 33.8. The molecule has 2 fully saturated rings. The summed E-state index contributed by atoms with van der Waals surface area (Å²) in [5.74, 6) is 8.50. The summed E-state index contributed by atoms with van der Waals surface area (Å²) in [5.41, 5.74) is 10.3. The van der Waals surface area contributed by atoms with Gasteiger partial charge < -0.3 is 77.5 Å². The molecule has 0 bridgehead atoms. The van der Waals surface area contributed by atoms with Crippen LogP contribution >= 0.6 is 11.3 Å². The molecule has 23 nitrogen and oxygen atoms in total. The maximum Gasteiger partial charge on any atom is 0.246 e. The number of ether oxygens (including phenoxy) is 11. The molecule has 25 heteroatoms. The molecule has 0 spiro atoms. The normalized spacial score (nSPS) is 14.9. The SMILES string of the molecule is CCCCc1nc2c(N)nc3cc(C4CCN(CCOCCOCCOC)CC4)sc3c2n1CC1CCN(CCOCCOCCOCCOCCOCCOCCOCCOCCNC(=O)CCCC#Cc2cnc(S(C)(=O)=O)nc2)CC1. The third-order valence-corrected chi connectivity index (χ3v) is 16.5. The predicted octanol–water partition coefficient (Wildman–Crippen LogP) is 4.81. The zero-order valence-corrected chi connectivity index (χ0v) is 51.8. The van der Waals surface area contributed by atoms with Crippen molar-refractivity contribution in [2.75, 3.05) is 204 Å². The van der Waals surface area contributed by atoms with E-state index in [1.807, 2.05) is 11.3 Å². The molecule has 2 saturated heterocycles. The molecule has 0 aliphatic carbocycles. The first-order valence-electron chi connectivity index (χ1n) is 30.2. The first-order valence-corrected chi connectivity index (χ1v) is 32.9. The molecule has 0 saturated carbocycles. The first kappa shape index (κ1) is 69.0. The second-order valence-corrected chi connectivity index (χ2v) is 23.8. The molecule has 4 aromatic heterocycles. The number of sulfone groups is 1. The summed E-state index contributed by atoms with van der Waals surface area (Å²) in [6.45, 7) is 20.7. The Labute approximate surface area is 501 Å². The van der Waals surface area contributed by atoms with E-state index in [0.29, 0.717) is 181 Å². The van der Waals surface area contributed by atoms with Gasteiger partial charge in [-0.25, -0.2) is 28.4 Å². The van der Waals surface area contributed by atoms with Gasteiger partial charge in [0.2, 0.25) is 20.9 Å². The first-order chi connectivity index (χ1) is 41.1. The van der Waals surface area contributed by atoms with Crippen LogP contribution in [0.5, 0.6) is 0 Å². The van der Waals surface area contributed by atoms with Crippen LogP contribution in [0.2, 0.25) is 0 Å². The fourth-order valence-corrected chi connectivity index (χ4v) is 11.5. The van der Waals surface area contributed by atoms with Crippen molar-refractivity contribution in [1.29, 1.82) is 0 Å². The van der Waals surface area contributed by atoms with Crippen molar-refractivity contribution < 1.29 is 65.3 Å². The third-order valence-electron chi connectivity index (χ3n) is 14.3. The number of unbranched alkanes of at least 4 members (excludes halogenated alkanes) is 2. The molecule has 3 N–H and O–H groups in total. The van der Waals surface area contributed by atoms with Crippen LogP contribution in [0.25, 0.3) is 21.3 Å². The van der Waals surface area contributed by atoms with Crippen LogP contribution in [0, 0.1) is 17.8 Å². The van der Waals surface area contributed by atoms with Crippen LogP contribution in [-0.4, -0.2) is 247 Å². The van der Waals surface area contributed by atoms with Crippen molar-refractivity contribution in [3.8, 4) is 11.8 Å². The molecule has 2 aliphatic rings. The lowest BCUT2D eigenvalue weighted by atomic mass is 9.95. The number of hydrogen-bond donors (Lipinski definition) is 2. The highest BCUT2D eigenvalue weighted by Crippen LogP contribution is 2.41. The van der Waals surface area contributed by atoms with Crippen LogP contribution < -0.4 is 11.1 Å². The molecule has 4 aromatic rings. The monoisotopic (exact) mass is 1220 g/mol. The van der Waals surface area contributed by atoms with E-state index in [1.165, 1.54) is 27.5 Å². The van der Waals surface area contributed by atoms with Gasteiger partial charge in [-0.1, -0.05) is 25.2 Å². The number of aryl methyl sites for hydroxylation is 1. The fraction of sp³-hybridized carbons (Fsp3) is 0.746. The predicted molar refractivity (Wildman–Crippen MR) is 322 cm³/mol. The van der Waals surface area contributed by atoms with Gasteiger partial charge in [-0.15, -0.1) is 11.3 Å². The second kappa shape index (κ2) is 41.1. The van der Waals surface area contributed by atoms with Crippen LogP contribution in [-0.2, 0) is 79.7 Å². The second-order valence-electron chi connectivity index (χ2n) is 20.8. The van der Waals surface area contributed by atoms with Crippen LogP contribution in [0.3, 0.4) is 0 Å². The minimum atomic E-state index is -3.45. The summed E-state index contributed by atoms with van der Waals surface area (Å²) in [7, 11) is -1.77. The summed E-state index contributed by atoms with van der Waals surface area (Å²) in [6.07, 6.45) is 12.9. The molecule has 0 radical (unpaired) electrons. The average molecular weight is 1220 g/mol. The van der Waals surface area contributed by atoms with E-state index in [9.17, 15) is 13.2 Å². The maximum absolute atomic E-state index is 12.0. The Morgan fingerprint density at radius 2 is 1.19 bits per heavy atom. The number of fused-ring (bicyclic) bond motifs is 3. The lowest BCUT2D eigenvalue weighted by molar-refractivity contribution is -0.121. The number of hydrogen-bond acceptors (Lipinski definition) is 22. The summed E-state index contributed by atoms with van der Waals surface area (Å²) in [6, 6.07) is 2.31. The Morgan fingerprint density at radius 1 is 0.690 bits per heavy atom. The summed E-state index contributed by atoms with van der Waals surface area (Å²) in [4.78, 5) is 36.2. The van der Waals surface area contributed by atoms with Gasteiger partial charge in [0, 0.05) is 76.1 Å². The third kappa shape index (κ3) is 26.5. The van der Waals surface area contributed by atoms with E-state index in [0.717, 1.165) is 120 Å². The Bertz CT molecular complexity index is 2600. The zero-order chi connectivity index (χ0) is 59.3. The van der Waals surface area contributed by atoms with Crippen LogP contribution in [0.15, 0.2) is 23.6 Å². The minimum Gasteiger partial charge on any atom is -0.382 e. The number of imidazole rings is 1. The lowest BCUT2D eigenvalue weighted by Crippen LogP contribution is -2.37. The van der Waals surface area contributed by atoms with E-state index in [-0.39, 0.29) is 11.1 Å². The molecule has 0 unspecified atom stereocenters. The quantitative estimate of drug-likeness (QED) is 0.0342. The Morgan fingerprint density at radius 3 is 1.70 bits per heavy atom. The maximum atomic E-state index is 12.0. The van der Waals surface area contributed by atoms with Gasteiger partial charge in [0.25, 0.3) is 0 Å². The number of carbonyl (C=O) groups excluding carboxylic acids is 1. The number of nitrogens with one attached hydrogen (secondary N) is 1. The van der Waals surface area contributed by atoms with Gasteiger partial charge in [-0.2, -0.15) is 0 Å². The number of pyridine rings is 1. The molecular formula is C59H95N9O14S2. The number of piperidine rings is 2. The fourth-order valence-electron chi connectivity index (χ4n) is 9.68. The Balaban J connectivity index is 0.696. The summed E-state index contributed by atoms with van der Waals surface area (Å²) < 4.78 is 88.0. The van der Waals surface area contributed by atoms with Crippen molar-refractivity contribution in [3.63, 3.8) is 0 Å². The topological polar surface area (TPSA) is 254 Å². The Hall–Kier alpha value is -4.08. The van der Waals surface area contributed by atoms with Crippen molar-refractivity contribution in [3.05, 3.63) is 34.7 Å². The number of carbonyl (C=O) groups is 1. The van der Waals surface area contributed by atoms with Gasteiger partial charge in [-0.3, -0.25) is 4.79 Å². The molecule has 6 rings (SSSR count). The number of aromatic nitrogens is 5. The van der Waals surface area contributed by atoms with E-state index in [2.05, 4.69) is 54.5 Å². The van der Waals surface area contributed by atoms with Crippen LogP contribution in [0.1, 0.15) is 86.9 Å². The van der Waals surface area contributed by atoms with Crippen molar-refractivity contribution in [2.45, 2.75) is 88.8 Å². The van der Waals surface area contributed by atoms with Crippen molar-refractivity contribution in [1.82, 2.24) is 39.6 Å². The van der Waals surface area contributed by atoms with Crippen molar-refractivity contribution in [2.24, 2.45) is 5.92 Å². The van der Waals surface area contributed by atoms with Crippen LogP contribution in [0.4, 0.5) is 5.82 Å². The smallest absolute Gasteiger partial charge is 0.246 e. The number of amides is 1. The van der Waals surface area contributed by atoms with E-state index in [4.69, 9.17) is 67.8 Å². The standard InChI is InChI=1S/C59H95N9O14S2/c1-4-5-10-53-65-55-56(57-51(64-58(55)60)44-52(83-57)50-14-19-67(20-15-50)22-25-75-29-32-76-27-26-72-2)68(53)47-48-12-17-66(18-13-48)21-24-74-30-33-78-35-37-80-39-41-82-43-42-81-40-38-79-36-34-77-31-28-73-23-16-61-54(69)11-8-6-7-9-49-45-62-59(63-46-49)84(3,70)71/h44-46,48,50H,4-6,8,10-43,47H2,1-3H3,(H2,60,64)(H,61,69).